The summed E-state index contributed by atoms with van der Waals surface area (Å²) in [7, 11) is 0. The van der Waals surface area contributed by atoms with Gasteiger partial charge in [0.2, 0.25) is 0 Å². The predicted molar refractivity (Wildman–Crippen MR) is 84.4 cm³/mol. The van der Waals surface area contributed by atoms with E-state index in [4.69, 9.17) is 22.2 Å². The first-order valence-electron chi connectivity index (χ1n) is 8.15. The SMILES string of the molecule is NNC(Cc1cc(Cl)cc2c1OCC2)C1CC2CCC1C2. The number of nitrogens with two attached hydrogens (primary N) is 1. The van der Waals surface area contributed by atoms with Crippen LogP contribution < -0.4 is 16.0 Å². The lowest BCUT2D eigenvalue weighted by Crippen LogP contribution is -2.44. The molecule has 1 aromatic carbocycles. The van der Waals surface area contributed by atoms with Crippen molar-refractivity contribution in [2.45, 2.75) is 44.6 Å². The zero-order valence-corrected chi connectivity index (χ0v) is 13.0. The summed E-state index contributed by atoms with van der Waals surface area (Å²) < 4.78 is 5.83. The minimum absolute atomic E-state index is 0.340. The van der Waals surface area contributed by atoms with E-state index in [2.05, 4.69) is 11.5 Å². The smallest absolute Gasteiger partial charge is 0.125 e. The van der Waals surface area contributed by atoms with E-state index < -0.39 is 0 Å². The second kappa shape index (κ2) is 5.45. The molecule has 1 heterocycles. The maximum atomic E-state index is 6.27. The van der Waals surface area contributed by atoms with Gasteiger partial charge in [-0.25, -0.2) is 0 Å². The summed E-state index contributed by atoms with van der Waals surface area (Å²) in [5.41, 5.74) is 5.56. The Morgan fingerprint density at radius 3 is 2.95 bits per heavy atom. The first-order valence-corrected chi connectivity index (χ1v) is 8.52. The number of hydrazine groups is 1. The van der Waals surface area contributed by atoms with Crippen molar-refractivity contribution in [3.8, 4) is 5.75 Å². The molecule has 0 amide bonds. The average molecular weight is 307 g/mol. The summed E-state index contributed by atoms with van der Waals surface area (Å²) in [6.45, 7) is 0.775. The normalized spacial score (nSPS) is 31.2. The molecule has 2 saturated carbocycles. The van der Waals surface area contributed by atoms with Crippen molar-refractivity contribution < 1.29 is 4.74 Å². The molecule has 0 radical (unpaired) electrons. The lowest BCUT2D eigenvalue weighted by Gasteiger charge is -2.30. The molecule has 4 rings (SSSR count). The number of rotatable bonds is 4. The van der Waals surface area contributed by atoms with Gasteiger partial charge >= 0.3 is 0 Å². The first-order chi connectivity index (χ1) is 10.2. The zero-order chi connectivity index (χ0) is 14.4. The van der Waals surface area contributed by atoms with E-state index in [1.807, 2.05) is 6.07 Å². The Kier molecular flexibility index (Phi) is 3.60. The molecule has 0 saturated heterocycles. The third-order valence-electron chi connectivity index (χ3n) is 5.79. The third kappa shape index (κ3) is 2.45. The van der Waals surface area contributed by atoms with Crippen LogP contribution in [0.5, 0.6) is 5.75 Å². The van der Waals surface area contributed by atoms with Crippen LogP contribution in [-0.2, 0) is 12.8 Å². The molecule has 2 aliphatic carbocycles. The molecule has 2 bridgehead atoms. The number of benzene rings is 1. The Morgan fingerprint density at radius 1 is 1.33 bits per heavy atom. The van der Waals surface area contributed by atoms with E-state index in [0.29, 0.717) is 12.0 Å². The highest BCUT2D eigenvalue weighted by Gasteiger charge is 2.43. The van der Waals surface area contributed by atoms with E-state index in [1.54, 1.807) is 0 Å². The van der Waals surface area contributed by atoms with Gasteiger partial charge < -0.3 is 4.74 Å². The molecule has 2 fully saturated rings. The van der Waals surface area contributed by atoms with Crippen LogP contribution in [0, 0.1) is 17.8 Å². The van der Waals surface area contributed by atoms with Gasteiger partial charge in [-0.3, -0.25) is 11.3 Å². The second-order valence-electron chi connectivity index (χ2n) is 6.97. The van der Waals surface area contributed by atoms with Crippen LogP contribution in [0.3, 0.4) is 0 Å². The van der Waals surface area contributed by atoms with Crippen molar-refractivity contribution in [2.75, 3.05) is 6.61 Å². The molecular formula is C17H23ClN2O. The van der Waals surface area contributed by atoms with Gasteiger partial charge in [0, 0.05) is 17.5 Å². The lowest BCUT2D eigenvalue weighted by molar-refractivity contribution is 0.246. The third-order valence-corrected chi connectivity index (χ3v) is 6.01. The van der Waals surface area contributed by atoms with Crippen molar-refractivity contribution in [2.24, 2.45) is 23.6 Å². The van der Waals surface area contributed by atoms with Crippen LogP contribution in [-0.4, -0.2) is 12.6 Å². The molecule has 4 atom stereocenters. The van der Waals surface area contributed by atoms with E-state index >= 15 is 0 Å². The summed E-state index contributed by atoms with van der Waals surface area (Å²) in [6.07, 6.45) is 7.45. The maximum absolute atomic E-state index is 6.27. The fraction of sp³-hybridized carbons (Fsp3) is 0.647. The van der Waals surface area contributed by atoms with Crippen molar-refractivity contribution in [1.29, 1.82) is 0 Å². The number of fused-ring (bicyclic) bond motifs is 3. The molecule has 4 heteroatoms. The van der Waals surface area contributed by atoms with Crippen LogP contribution in [0.1, 0.15) is 36.8 Å². The van der Waals surface area contributed by atoms with E-state index in [1.165, 1.54) is 36.8 Å². The molecule has 21 heavy (non-hydrogen) atoms. The average Bonchev–Trinajstić information content (AvgIpc) is 3.19. The summed E-state index contributed by atoms with van der Waals surface area (Å²) in [5, 5.41) is 0.818. The zero-order valence-electron chi connectivity index (χ0n) is 12.3. The molecule has 1 aliphatic heterocycles. The van der Waals surface area contributed by atoms with Crippen LogP contribution >= 0.6 is 11.6 Å². The monoisotopic (exact) mass is 306 g/mol. The van der Waals surface area contributed by atoms with Crippen molar-refractivity contribution in [3.63, 3.8) is 0 Å². The topological polar surface area (TPSA) is 47.3 Å². The van der Waals surface area contributed by atoms with Gasteiger partial charge in [0.15, 0.2) is 0 Å². The quantitative estimate of drug-likeness (QED) is 0.664. The molecule has 3 aliphatic rings. The van der Waals surface area contributed by atoms with Gasteiger partial charge in [0.05, 0.1) is 6.61 Å². The van der Waals surface area contributed by atoms with Crippen molar-refractivity contribution in [1.82, 2.24) is 5.43 Å². The van der Waals surface area contributed by atoms with Crippen molar-refractivity contribution in [3.05, 3.63) is 28.3 Å². The van der Waals surface area contributed by atoms with Gasteiger partial charge in [-0.1, -0.05) is 18.0 Å². The number of hydrogen-bond donors (Lipinski definition) is 2. The standard InChI is InChI=1S/C17H23ClN2O/c18-14-7-12-3-4-21-17(12)13(8-14)9-16(20-19)15-6-10-1-2-11(15)5-10/h7-8,10-11,15-16,20H,1-6,9,19H2. The van der Waals surface area contributed by atoms with Gasteiger partial charge in [0.1, 0.15) is 5.75 Å². The largest absolute Gasteiger partial charge is 0.493 e. The fourth-order valence-electron chi connectivity index (χ4n) is 4.86. The molecule has 4 unspecified atom stereocenters. The summed E-state index contributed by atoms with van der Waals surface area (Å²) >= 11 is 6.27. The highest BCUT2D eigenvalue weighted by Crippen LogP contribution is 2.50. The van der Waals surface area contributed by atoms with E-state index in [0.717, 1.165) is 42.1 Å². The highest BCUT2D eigenvalue weighted by molar-refractivity contribution is 6.30. The summed E-state index contributed by atoms with van der Waals surface area (Å²) in [4.78, 5) is 0. The van der Waals surface area contributed by atoms with E-state index in [9.17, 15) is 0 Å². The van der Waals surface area contributed by atoms with Gasteiger partial charge in [0.25, 0.3) is 0 Å². The first kappa shape index (κ1) is 13.9. The number of ether oxygens (including phenoxy) is 1. The molecule has 0 spiro atoms. The number of nitrogens with one attached hydrogen (secondary N) is 1. The molecule has 1 aromatic rings. The van der Waals surface area contributed by atoms with Gasteiger partial charge in [-0.2, -0.15) is 0 Å². The van der Waals surface area contributed by atoms with Crippen molar-refractivity contribution >= 4 is 11.6 Å². The van der Waals surface area contributed by atoms with Gasteiger partial charge in [-0.15, -0.1) is 0 Å². The Morgan fingerprint density at radius 2 is 2.24 bits per heavy atom. The maximum Gasteiger partial charge on any atom is 0.125 e. The Balaban J connectivity index is 1.57. The van der Waals surface area contributed by atoms with E-state index in [-0.39, 0.29) is 0 Å². The number of hydrogen-bond acceptors (Lipinski definition) is 3. The Hall–Kier alpha value is -0.770. The molecule has 0 aromatic heterocycles. The minimum atomic E-state index is 0.340. The number of halogens is 1. The fourth-order valence-corrected chi connectivity index (χ4v) is 5.12. The molecular weight excluding hydrogens is 284 g/mol. The van der Waals surface area contributed by atoms with Gasteiger partial charge in [-0.05, 0) is 66.7 Å². The Labute approximate surface area is 131 Å². The molecule has 114 valence electrons. The highest BCUT2D eigenvalue weighted by atomic mass is 35.5. The van der Waals surface area contributed by atoms with Crippen LogP contribution in [0.4, 0.5) is 0 Å². The minimum Gasteiger partial charge on any atom is -0.493 e. The molecule has 3 nitrogen and oxygen atoms in total. The Bertz CT molecular complexity index is 548. The summed E-state index contributed by atoms with van der Waals surface area (Å²) in [6, 6.07) is 4.44. The van der Waals surface area contributed by atoms with Crippen LogP contribution in [0.15, 0.2) is 12.1 Å². The summed E-state index contributed by atoms with van der Waals surface area (Å²) in [5.74, 6) is 9.47. The van der Waals surface area contributed by atoms with Crippen LogP contribution in [0.2, 0.25) is 5.02 Å². The second-order valence-corrected chi connectivity index (χ2v) is 7.40. The van der Waals surface area contributed by atoms with Crippen LogP contribution in [0.25, 0.3) is 0 Å². The lowest BCUT2D eigenvalue weighted by atomic mass is 9.81. The molecule has 3 N–H and O–H groups in total. The predicted octanol–water partition coefficient (Wildman–Crippen LogP) is 3.09.